The molecule has 1 N–H and O–H groups in total. The Bertz CT molecular complexity index is 551. The average molecular weight is 247 g/mol. The molecule has 6 heteroatoms. The number of anilines is 1. The zero-order chi connectivity index (χ0) is 13.0. The van der Waals surface area contributed by atoms with Crippen LogP contribution >= 0.6 is 0 Å². The smallest absolute Gasteiger partial charge is 0.379 e. The highest BCUT2D eigenvalue weighted by Gasteiger charge is 2.17. The molecular formula is C12H13N3O3. The van der Waals surface area contributed by atoms with E-state index in [4.69, 9.17) is 9.26 Å². The van der Waals surface area contributed by atoms with E-state index in [1.807, 2.05) is 24.3 Å². The molecule has 0 aliphatic carbocycles. The van der Waals surface area contributed by atoms with Gasteiger partial charge in [-0.15, -0.1) is 0 Å². The Balaban J connectivity index is 2.32. The number of benzene rings is 1. The maximum atomic E-state index is 11.4. The molecule has 94 valence electrons. The summed E-state index contributed by atoms with van der Waals surface area (Å²) in [6.07, 6.45) is 0. The Hall–Kier alpha value is -2.37. The highest BCUT2D eigenvalue weighted by Crippen LogP contribution is 2.25. The van der Waals surface area contributed by atoms with E-state index < -0.39 is 5.97 Å². The van der Waals surface area contributed by atoms with Gasteiger partial charge in [0, 0.05) is 12.7 Å². The molecule has 0 amide bonds. The van der Waals surface area contributed by atoms with Gasteiger partial charge in [-0.1, -0.05) is 12.1 Å². The molecule has 0 saturated heterocycles. The lowest BCUT2D eigenvalue weighted by molar-refractivity contribution is 0.0508. The van der Waals surface area contributed by atoms with E-state index in [1.165, 1.54) is 0 Å². The topological polar surface area (TPSA) is 77.2 Å². The number of rotatable bonds is 4. The normalized spacial score (nSPS) is 10.1. The second-order valence-electron chi connectivity index (χ2n) is 3.44. The lowest BCUT2D eigenvalue weighted by Gasteiger charge is -2.03. The molecule has 0 aliphatic rings. The summed E-state index contributed by atoms with van der Waals surface area (Å²) in [4.78, 5) is 15.4. The van der Waals surface area contributed by atoms with Gasteiger partial charge in [0.1, 0.15) is 0 Å². The number of nitrogens with zero attached hydrogens (tertiary/aromatic N) is 2. The van der Waals surface area contributed by atoms with E-state index in [2.05, 4.69) is 15.5 Å². The van der Waals surface area contributed by atoms with Gasteiger partial charge in [-0.05, 0) is 24.2 Å². The van der Waals surface area contributed by atoms with Crippen LogP contribution in [0.2, 0.25) is 0 Å². The molecule has 0 bridgehead atoms. The van der Waals surface area contributed by atoms with Crippen molar-refractivity contribution in [1.29, 1.82) is 0 Å². The van der Waals surface area contributed by atoms with Crippen LogP contribution < -0.4 is 5.32 Å². The summed E-state index contributed by atoms with van der Waals surface area (Å²) >= 11 is 0. The maximum Gasteiger partial charge on any atom is 0.379 e. The van der Waals surface area contributed by atoms with Gasteiger partial charge >= 0.3 is 5.97 Å². The quantitative estimate of drug-likeness (QED) is 0.832. The van der Waals surface area contributed by atoms with Crippen LogP contribution in [0.25, 0.3) is 11.5 Å². The summed E-state index contributed by atoms with van der Waals surface area (Å²) in [6.45, 7) is 1.99. The number of esters is 1. The highest BCUT2D eigenvalue weighted by atomic mass is 16.5. The van der Waals surface area contributed by atoms with Crippen molar-refractivity contribution < 1.29 is 14.1 Å². The summed E-state index contributed by atoms with van der Waals surface area (Å²) in [5, 5.41) is 6.61. The van der Waals surface area contributed by atoms with Crippen LogP contribution in [0.4, 0.5) is 5.69 Å². The maximum absolute atomic E-state index is 11.4. The molecule has 18 heavy (non-hydrogen) atoms. The third-order valence-electron chi connectivity index (χ3n) is 2.31. The van der Waals surface area contributed by atoms with Gasteiger partial charge < -0.3 is 14.6 Å². The minimum Gasteiger partial charge on any atom is -0.460 e. The molecule has 0 atom stereocenters. The molecule has 6 nitrogen and oxygen atoms in total. The van der Waals surface area contributed by atoms with E-state index in [1.54, 1.807) is 14.0 Å². The number of carbonyl (C=O) groups excluding carboxylic acids is 1. The number of para-hydroxylation sites is 1. The fourth-order valence-electron chi connectivity index (χ4n) is 1.50. The summed E-state index contributed by atoms with van der Waals surface area (Å²) in [5.74, 6) is -0.379. The van der Waals surface area contributed by atoms with Crippen LogP contribution in [-0.2, 0) is 4.74 Å². The molecule has 2 rings (SSSR count). The molecule has 1 aromatic carbocycles. The van der Waals surface area contributed by atoms with Crippen LogP contribution in [0, 0.1) is 0 Å². The monoisotopic (exact) mass is 247 g/mol. The van der Waals surface area contributed by atoms with Crippen LogP contribution in [0.5, 0.6) is 0 Å². The fraction of sp³-hybridized carbons (Fsp3) is 0.250. The fourth-order valence-corrected chi connectivity index (χ4v) is 1.50. The van der Waals surface area contributed by atoms with Crippen molar-refractivity contribution in [3.05, 3.63) is 30.1 Å². The van der Waals surface area contributed by atoms with Gasteiger partial charge in [0.15, 0.2) is 0 Å². The zero-order valence-corrected chi connectivity index (χ0v) is 10.1. The molecule has 0 saturated carbocycles. The van der Waals surface area contributed by atoms with Gasteiger partial charge in [0.25, 0.3) is 11.7 Å². The number of ether oxygens (including phenoxy) is 1. The highest BCUT2D eigenvalue weighted by molar-refractivity contribution is 5.85. The minimum absolute atomic E-state index is 0.0715. The van der Waals surface area contributed by atoms with Crippen molar-refractivity contribution in [2.24, 2.45) is 0 Å². The summed E-state index contributed by atoms with van der Waals surface area (Å²) in [6, 6.07) is 7.44. The summed E-state index contributed by atoms with van der Waals surface area (Å²) in [5.41, 5.74) is 1.58. The SMILES string of the molecule is CCOC(=O)c1noc(-c2ccccc2NC)n1. The molecule has 0 spiro atoms. The molecule has 0 aliphatic heterocycles. The Morgan fingerprint density at radius 1 is 1.44 bits per heavy atom. The van der Waals surface area contributed by atoms with Gasteiger partial charge in [0.05, 0.1) is 12.2 Å². The summed E-state index contributed by atoms with van der Waals surface area (Å²) in [7, 11) is 1.79. The number of hydrogen-bond acceptors (Lipinski definition) is 6. The van der Waals surface area contributed by atoms with E-state index >= 15 is 0 Å². The largest absolute Gasteiger partial charge is 0.460 e. The summed E-state index contributed by atoms with van der Waals surface area (Å²) < 4.78 is 9.85. The van der Waals surface area contributed by atoms with Crippen LogP contribution in [0.1, 0.15) is 17.5 Å². The lowest BCUT2D eigenvalue weighted by Crippen LogP contribution is -2.06. The Labute approximate surface area is 104 Å². The van der Waals surface area contributed by atoms with Crippen molar-refractivity contribution in [1.82, 2.24) is 10.1 Å². The van der Waals surface area contributed by atoms with Crippen molar-refractivity contribution in [3.8, 4) is 11.5 Å². The van der Waals surface area contributed by atoms with Crippen LogP contribution in [-0.4, -0.2) is 29.8 Å². The molecule has 1 aromatic heterocycles. The first-order valence-electron chi connectivity index (χ1n) is 5.54. The van der Waals surface area contributed by atoms with E-state index in [0.29, 0.717) is 0 Å². The average Bonchev–Trinajstić information content (AvgIpc) is 2.88. The lowest BCUT2D eigenvalue weighted by atomic mass is 10.2. The number of hydrogen-bond donors (Lipinski definition) is 1. The van der Waals surface area contributed by atoms with Crippen LogP contribution in [0.3, 0.4) is 0 Å². The molecule has 0 unspecified atom stereocenters. The van der Waals surface area contributed by atoms with Crippen molar-refractivity contribution in [3.63, 3.8) is 0 Å². The first-order chi connectivity index (χ1) is 8.76. The molecule has 0 radical (unpaired) electrons. The Morgan fingerprint density at radius 2 is 2.22 bits per heavy atom. The minimum atomic E-state index is -0.588. The van der Waals surface area contributed by atoms with Gasteiger partial charge in [-0.25, -0.2) is 4.79 Å². The van der Waals surface area contributed by atoms with E-state index in [-0.39, 0.29) is 18.3 Å². The number of nitrogens with one attached hydrogen (secondary N) is 1. The van der Waals surface area contributed by atoms with Gasteiger partial charge in [-0.2, -0.15) is 4.98 Å². The molecule has 1 heterocycles. The van der Waals surface area contributed by atoms with Gasteiger partial charge in [0.2, 0.25) is 0 Å². The van der Waals surface area contributed by atoms with E-state index in [9.17, 15) is 4.79 Å². The third-order valence-corrected chi connectivity index (χ3v) is 2.31. The van der Waals surface area contributed by atoms with Gasteiger partial charge in [-0.3, -0.25) is 0 Å². The molecular weight excluding hydrogens is 234 g/mol. The molecule has 2 aromatic rings. The third kappa shape index (κ3) is 2.32. The van der Waals surface area contributed by atoms with Crippen molar-refractivity contribution >= 4 is 11.7 Å². The molecule has 0 fully saturated rings. The predicted octanol–water partition coefficient (Wildman–Crippen LogP) is 1.95. The van der Waals surface area contributed by atoms with Crippen molar-refractivity contribution in [2.75, 3.05) is 19.0 Å². The second kappa shape index (κ2) is 5.31. The second-order valence-corrected chi connectivity index (χ2v) is 3.44. The first-order valence-corrected chi connectivity index (χ1v) is 5.54. The number of carbonyl (C=O) groups is 1. The van der Waals surface area contributed by atoms with Crippen LogP contribution in [0.15, 0.2) is 28.8 Å². The zero-order valence-electron chi connectivity index (χ0n) is 10.1. The first kappa shape index (κ1) is 12.1. The Kier molecular flexibility index (Phi) is 3.57. The van der Waals surface area contributed by atoms with Crippen molar-refractivity contribution in [2.45, 2.75) is 6.92 Å². The Morgan fingerprint density at radius 3 is 2.94 bits per heavy atom. The number of aromatic nitrogens is 2. The van der Waals surface area contributed by atoms with E-state index in [0.717, 1.165) is 11.3 Å². The standard InChI is InChI=1S/C12H13N3O3/c1-3-17-12(16)10-14-11(18-15-10)8-6-4-5-7-9(8)13-2/h4-7,13H,3H2,1-2H3. The predicted molar refractivity (Wildman–Crippen MR) is 65.2 cm³/mol.